The van der Waals surface area contributed by atoms with Gasteiger partial charge in [-0.1, -0.05) is 17.3 Å². The number of carboxylic acids is 1. The summed E-state index contributed by atoms with van der Waals surface area (Å²) in [6.07, 6.45) is 0. The van der Waals surface area contributed by atoms with Gasteiger partial charge in [0.25, 0.3) is 0 Å². The topological polar surface area (TPSA) is 85.0 Å². The zero-order valence-electron chi connectivity index (χ0n) is 15.5. The molecule has 7 nitrogen and oxygen atoms in total. The van der Waals surface area contributed by atoms with Gasteiger partial charge >= 0.3 is 5.97 Å². The molecule has 0 bridgehead atoms. The second-order valence-corrected chi connectivity index (χ2v) is 6.63. The van der Waals surface area contributed by atoms with Crippen LogP contribution in [0, 0.1) is 19.8 Å². The molecule has 1 aliphatic heterocycles. The first-order chi connectivity index (χ1) is 12.5. The van der Waals surface area contributed by atoms with Gasteiger partial charge in [0, 0.05) is 36.7 Å². The van der Waals surface area contributed by atoms with Crippen molar-refractivity contribution < 1.29 is 23.9 Å². The highest BCUT2D eigenvalue weighted by molar-refractivity contribution is 5.73. The van der Waals surface area contributed by atoms with Gasteiger partial charge in [-0.15, -0.1) is 0 Å². The zero-order chi connectivity index (χ0) is 18.8. The van der Waals surface area contributed by atoms with Crippen molar-refractivity contribution in [1.29, 1.82) is 0 Å². The lowest BCUT2D eigenvalue weighted by molar-refractivity contribution is -0.141. The number of methoxy groups -OCH3 is 2. The van der Waals surface area contributed by atoms with Crippen molar-refractivity contribution in [3.05, 3.63) is 40.8 Å². The molecule has 2 heterocycles. The molecule has 1 aromatic carbocycles. The summed E-state index contributed by atoms with van der Waals surface area (Å²) in [5.74, 6) is 0.483. The number of benzene rings is 1. The molecule has 1 N–H and O–H groups in total. The average molecular weight is 360 g/mol. The van der Waals surface area contributed by atoms with Gasteiger partial charge in [0.1, 0.15) is 5.76 Å². The summed E-state index contributed by atoms with van der Waals surface area (Å²) in [5, 5.41) is 13.7. The Kier molecular flexibility index (Phi) is 5.18. The molecular weight excluding hydrogens is 336 g/mol. The minimum absolute atomic E-state index is 0.182. The van der Waals surface area contributed by atoms with Crippen molar-refractivity contribution >= 4 is 5.97 Å². The zero-order valence-corrected chi connectivity index (χ0v) is 15.5. The Morgan fingerprint density at radius 3 is 2.65 bits per heavy atom. The largest absolute Gasteiger partial charge is 0.493 e. The van der Waals surface area contributed by atoms with Gasteiger partial charge < -0.3 is 19.1 Å². The molecule has 0 spiro atoms. The molecule has 7 heteroatoms. The third kappa shape index (κ3) is 3.26. The number of aromatic nitrogens is 1. The van der Waals surface area contributed by atoms with Crippen LogP contribution in [0.5, 0.6) is 11.5 Å². The molecular formula is C19H24N2O5. The van der Waals surface area contributed by atoms with Crippen LogP contribution in [0.3, 0.4) is 0 Å². The molecule has 26 heavy (non-hydrogen) atoms. The van der Waals surface area contributed by atoms with Gasteiger partial charge in [0.15, 0.2) is 11.5 Å². The van der Waals surface area contributed by atoms with E-state index < -0.39 is 11.9 Å². The first-order valence-electron chi connectivity index (χ1n) is 8.54. The second-order valence-electron chi connectivity index (χ2n) is 6.63. The molecule has 1 aliphatic rings. The van der Waals surface area contributed by atoms with E-state index in [-0.39, 0.29) is 5.92 Å². The Hall–Kier alpha value is -2.54. The third-order valence-corrected chi connectivity index (χ3v) is 5.11. The maximum absolute atomic E-state index is 11.9. The Morgan fingerprint density at radius 1 is 1.31 bits per heavy atom. The van der Waals surface area contributed by atoms with Crippen LogP contribution in [0.1, 0.15) is 28.5 Å². The number of hydrogen-bond acceptors (Lipinski definition) is 6. The summed E-state index contributed by atoms with van der Waals surface area (Å²) in [7, 11) is 3.16. The molecule has 1 fully saturated rings. The summed E-state index contributed by atoms with van der Waals surface area (Å²) in [6.45, 7) is 5.48. The molecule has 0 saturated carbocycles. The van der Waals surface area contributed by atoms with Crippen LogP contribution in [0.4, 0.5) is 0 Å². The number of likely N-dealkylation sites (tertiary alicyclic amines) is 1. The maximum Gasteiger partial charge on any atom is 0.308 e. The van der Waals surface area contributed by atoms with Gasteiger partial charge in [0.05, 0.1) is 25.8 Å². The minimum Gasteiger partial charge on any atom is -0.493 e. The van der Waals surface area contributed by atoms with Crippen molar-refractivity contribution in [3.63, 3.8) is 0 Å². The summed E-state index contributed by atoms with van der Waals surface area (Å²) < 4.78 is 16.1. The highest BCUT2D eigenvalue weighted by atomic mass is 16.5. The number of para-hydroxylation sites is 1. The van der Waals surface area contributed by atoms with Crippen LogP contribution in [-0.2, 0) is 11.3 Å². The van der Waals surface area contributed by atoms with Crippen LogP contribution in [0.25, 0.3) is 0 Å². The Morgan fingerprint density at radius 2 is 2.08 bits per heavy atom. The number of nitrogens with zero attached hydrogens (tertiary/aromatic N) is 2. The molecule has 0 aliphatic carbocycles. The van der Waals surface area contributed by atoms with Gasteiger partial charge in [0.2, 0.25) is 0 Å². The van der Waals surface area contributed by atoms with Crippen LogP contribution in [0.2, 0.25) is 0 Å². The number of ether oxygens (including phenoxy) is 2. The SMILES string of the molecule is COc1cccc([C@H]2CN(Cc3c(C)noc3C)C[C@@H]2C(=O)O)c1OC. The Balaban J connectivity index is 1.91. The number of aliphatic carboxylic acids is 1. The van der Waals surface area contributed by atoms with Crippen LogP contribution < -0.4 is 9.47 Å². The first-order valence-corrected chi connectivity index (χ1v) is 8.54. The Bertz CT molecular complexity index is 782. The van der Waals surface area contributed by atoms with E-state index in [1.165, 1.54) is 0 Å². The van der Waals surface area contributed by atoms with Crippen LogP contribution in [-0.4, -0.2) is 48.4 Å². The van der Waals surface area contributed by atoms with Crippen molar-refractivity contribution in [3.8, 4) is 11.5 Å². The fraction of sp³-hybridized carbons (Fsp3) is 0.474. The second kappa shape index (κ2) is 7.37. The summed E-state index contributed by atoms with van der Waals surface area (Å²) in [5.41, 5.74) is 2.73. The molecule has 1 saturated heterocycles. The fourth-order valence-electron chi connectivity index (χ4n) is 3.73. The quantitative estimate of drug-likeness (QED) is 0.847. The van der Waals surface area contributed by atoms with Crippen molar-refractivity contribution in [2.45, 2.75) is 26.3 Å². The van der Waals surface area contributed by atoms with Crippen LogP contribution in [0.15, 0.2) is 22.7 Å². The van der Waals surface area contributed by atoms with Crippen molar-refractivity contribution in [2.75, 3.05) is 27.3 Å². The third-order valence-electron chi connectivity index (χ3n) is 5.11. The van der Waals surface area contributed by atoms with Crippen molar-refractivity contribution in [2.24, 2.45) is 5.92 Å². The molecule has 2 atom stereocenters. The summed E-state index contributed by atoms with van der Waals surface area (Å²) >= 11 is 0. The van der Waals surface area contributed by atoms with E-state index in [9.17, 15) is 9.90 Å². The minimum atomic E-state index is -0.805. The molecule has 0 amide bonds. The van der Waals surface area contributed by atoms with Gasteiger partial charge in [-0.2, -0.15) is 0 Å². The monoisotopic (exact) mass is 360 g/mol. The van der Waals surface area contributed by atoms with Crippen molar-refractivity contribution in [1.82, 2.24) is 10.1 Å². The average Bonchev–Trinajstić information content (AvgIpc) is 3.19. The lowest BCUT2D eigenvalue weighted by Crippen LogP contribution is -2.23. The van der Waals surface area contributed by atoms with E-state index in [1.807, 2.05) is 32.0 Å². The maximum atomic E-state index is 11.9. The van der Waals surface area contributed by atoms with E-state index in [0.29, 0.717) is 31.1 Å². The predicted molar refractivity (Wildman–Crippen MR) is 94.7 cm³/mol. The normalized spacial score (nSPS) is 20.3. The standard InChI is InChI=1S/C19H24N2O5/c1-11-14(12(2)26-20-11)8-21-9-15(16(10-21)19(22)23)13-6-5-7-17(24-3)18(13)25-4/h5-7,15-16H,8-10H2,1-4H3,(H,22,23)/t15-,16+/m1/s1. The van der Waals surface area contributed by atoms with E-state index in [2.05, 4.69) is 10.1 Å². The fourth-order valence-corrected chi connectivity index (χ4v) is 3.73. The highest BCUT2D eigenvalue weighted by Crippen LogP contribution is 2.42. The van der Waals surface area contributed by atoms with E-state index in [4.69, 9.17) is 14.0 Å². The van der Waals surface area contributed by atoms with Gasteiger partial charge in [-0.3, -0.25) is 9.69 Å². The number of rotatable bonds is 6. The molecule has 2 aromatic rings. The number of aryl methyl sites for hydroxylation is 2. The predicted octanol–water partition coefficient (Wildman–Crippen LogP) is 2.61. The molecule has 3 rings (SSSR count). The lowest BCUT2D eigenvalue weighted by Gasteiger charge is -2.20. The molecule has 0 radical (unpaired) electrons. The lowest BCUT2D eigenvalue weighted by atomic mass is 9.88. The number of carbonyl (C=O) groups is 1. The summed E-state index contributed by atoms with van der Waals surface area (Å²) in [4.78, 5) is 14.0. The van der Waals surface area contributed by atoms with E-state index >= 15 is 0 Å². The smallest absolute Gasteiger partial charge is 0.308 e. The van der Waals surface area contributed by atoms with E-state index in [1.54, 1.807) is 14.2 Å². The van der Waals surface area contributed by atoms with Gasteiger partial charge in [-0.05, 0) is 19.9 Å². The summed E-state index contributed by atoms with van der Waals surface area (Å²) in [6, 6.07) is 5.60. The first kappa shape index (κ1) is 18.3. The van der Waals surface area contributed by atoms with E-state index in [0.717, 1.165) is 22.6 Å². The number of carboxylic acid groups (broad SMARTS) is 1. The number of hydrogen-bond donors (Lipinski definition) is 1. The molecule has 140 valence electrons. The Labute approximate surface area is 152 Å². The highest BCUT2D eigenvalue weighted by Gasteiger charge is 2.40. The molecule has 1 aromatic heterocycles. The van der Waals surface area contributed by atoms with Crippen LogP contribution >= 0.6 is 0 Å². The molecule has 0 unspecified atom stereocenters. The van der Waals surface area contributed by atoms with Gasteiger partial charge in [-0.25, -0.2) is 0 Å².